The van der Waals surface area contributed by atoms with Crippen LogP contribution in [-0.2, 0) is 6.54 Å². The highest BCUT2D eigenvalue weighted by Crippen LogP contribution is 2.55. The highest BCUT2D eigenvalue weighted by Gasteiger charge is 2.50. The lowest BCUT2D eigenvalue weighted by molar-refractivity contribution is -0.0206. The summed E-state index contributed by atoms with van der Waals surface area (Å²) < 4.78 is 12.9. The molecule has 5 rings (SSSR count). The molecule has 3 nitrogen and oxygen atoms in total. The van der Waals surface area contributed by atoms with E-state index >= 15 is 0 Å². The van der Waals surface area contributed by atoms with E-state index in [2.05, 4.69) is 33.4 Å². The van der Waals surface area contributed by atoms with Crippen molar-refractivity contribution in [2.24, 2.45) is 17.8 Å². The number of ether oxygens (including phenoxy) is 2. The number of halogens is 1. The molecule has 0 unspecified atom stereocenters. The first-order valence-corrected chi connectivity index (χ1v) is 11.1. The molecule has 4 aliphatic carbocycles. The minimum absolute atomic E-state index is 0.136. The van der Waals surface area contributed by atoms with E-state index in [9.17, 15) is 0 Å². The number of nitrogens with one attached hydrogen (secondary N) is 1. The lowest BCUT2D eigenvalue weighted by Crippen LogP contribution is -2.58. The molecule has 144 valence electrons. The molecule has 0 aliphatic heterocycles. The van der Waals surface area contributed by atoms with Gasteiger partial charge in [-0.3, -0.25) is 0 Å². The van der Waals surface area contributed by atoms with Crippen molar-refractivity contribution in [1.82, 2.24) is 5.32 Å². The van der Waals surface area contributed by atoms with E-state index in [1.54, 1.807) is 0 Å². The molecule has 4 fully saturated rings. The van der Waals surface area contributed by atoms with E-state index < -0.39 is 0 Å². The predicted molar refractivity (Wildman–Crippen MR) is 109 cm³/mol. The van der Waals surface area contributed by atoms with Gasteiger partial charge in [-0.05, 0) is 94.7 Å². The summed E-state index contributed by atoms with van der Waals surface area (Å²) in [5.41, 5.74) is 1.65. The highest BCUT2D eigenvalue weighted by molar-refractivity contribution is 9.10. The summed E-state index contributed by atoms with van der Waals surface area (Å²) >= 11 is 3.76. The smallest absolute Gasteiger partial charge is 0.162 e. The van der Waals surface area contributed by atoms with Crippen LogP contribution in [0.15, 0.2) is 16.6 Å². The van der Waals surface area contributed by atoms with Crippen LogP contribution in [0, 0.1) is 17.8 Å². The van der Waals surface area contributed by atoms with Crippen LogP contribution in [0.5, 0.6) is 11.5 Å². The van der Waals surface area contributed by atoms with Crippen LogP contribution in [0.4, 0.5) is 0 Å². The molecule has 0 spiro atoms. The number of rotatable bonds is 7. The SMILES string of the molecule is CCOc1cc(CNC23CC4CC(CC(C4)C2)C3)c(Br)cc1OC(C)C. The molecule has 4 bridgehead atoms. The average Bonchev–Trinajstić information content (AvgIpc) is 2.54. The number of hydrogen-bond donors (Lipinski definition) is 1. The van der Waals surface area contributed by atoms with E-state index in [4.69, 9.17) is 9.47 Å². The van der Waals surface area contributed by atoms with Crippen molar-refractivity contribution in [2.45, 2.75) is 77.5 Å². The lowest BCUT2D eigenvalue weighted by Gasteiger charge is -2.57. The fourth-order valence-electron chi connectivity index (χ4n) is 5.94. The number of hydrogen-bond acceptors (Lipinski definition) is 3. The Balaban J connectivity index is 1.50. The topological polar surface area (TPSA) is 30.5 Å². The summed E-state index contributed by atoms with van der Waals surface area (Å²) in [6.45, 7) is 7.67. The second kappa shape index (κ2) is 7.35. The molecular weight excluding hydrogens is 390 g/mol. The van der Waals surface area contributed by atoms with E-state index in [-0.39, 0.29) is 6.10 Å². The van der Waals surface area contributed by atoms with Crippen LogP contribution in [0.25, 0.3) is 0 Å². The summed E-state index contributed by atoms with van der Waals surface area (Å²) in [5.74, 6) is 4.59. The van der Waals surface area contributed by atoms with Crippen LogP contribution in [-0.4, -0.2) is 18.2 Å². The summed E-state index contributed by atoms with van der Waals surface area (Å²) in [5, 5.41) is 3.99. The molecule has 0 heterocycles. The molecular formula is C22H32BrNO2. The van der Waals surface area contributed by atoms with E-state index in [1.165, 1.54) is 44.1 Å². The molecule has 1 aromatic carbocycles. The molecule has 1 N–H and O–H groups in total. The van der Waals surface area contributed by atoms with Gasteiger partial charge in [-0.2, -0.15) is 0 Å². The van der Waals surface area contributed by atoms with Gasteiger partial charge in [0.05, 0.1) is 12.7 Å². The third-order valence-corrected chi connectivity index (χ3v) is 7.21. The van der Waals surface area contributed by atoms with Gasteiger partial charge in [-0.15, -0.1) is 0 Å². The summed E-state index contributed by atoms with van der Waals surface area (Å²) in [7, 11) is 0. The van der Waals surface area contributed by atoms with Crippen LogP contribution in [0.2, 0.25) is 0 Å². The molecule has 0 amide bonds. The van der Waals surface area contributed by atoms with Gasteiger partial charge >= 0.3 is 0 Å². The predicted octanol–water partition coefficient (Wildman–Crippen LogP) is 5.69. The Hall–Kier alpha value is -0.740. The van der Waals surface area contributed by atoms with Crippen molar-refractivity contribution in [2.75, 3.05) is 6.61 Å². The summed E-state index contributed by atoms with van der Waals surface area (Å²) in [4.78, 5) is 0. The first-order chi connectivity index (χ1) is 12.5. The van der Waals surface area contributed by atoms with Crippen molar-refractivity contribution in [1.29, 1.82) is 0 Å². The Kier molecular flexibility index (Phi) is 5.26. The minimum atomic E-state index is 0.136. The van der Waals surface area contributed by atoms with Gasteiger partial charge in [0, 0.05) is 16.6 Å². The Labute approximate surface area is 166 Å². The van der Waals surface area contributed by atoms with Gasteiger partial charge in [-0.25, -0.2) is 0 Å². The van der Waals surface area contributed by atoms with Crippen molar-refractivity contribution < 1.29 is 9.47 Å². The van der Waals surface area contributed by atoms with Gasteiger partial charge in [0.1, 0.15) is 0 Å². The van der Waals surface area contributed by atoms with Crippen molar-refractivity contribution in [3.05, 3.63) is 22.2 Å². The molecule has 0 saturated heterocycles. The zero-order chi connectivity index (χ0) is 18.3. The summed E-state index contributed by atoms with van der Waals surface area (Å²) in [6.07, 6.45) is 8.73. The second-order valence-corrected chi connectivity index (χ2v) is 9.90. The zero-order valence-electron chi connectivity index (χ0n) is 16.3. The van der Waals surface area contributed by atoms with E-state index in [0.29, 0.717) is 12.1 Å². The van der Waals surface area contributed by atoms with Crippen LogP contribution >= 0.6 is 15.9 Å². The summed E-state index contributed by atoms with van der Waals surface area (Å²) in [6, 6.07) is 4.22. The van der Waals surface area contributed by atoms with Crippen LogP contribution < -0.4 is 14.8 Å². The monoisotopic (exact) mass is 421 g/mol. The van der Waals surface area contributed by atoms with Gasteiger partial charge < -0.3 is 14.8 Å². The normalized spacial score (nSPS) is 32.3. The van der Waals surface area contributed by atoms with Crippen molar-refractivity contribution >= 4 is 15.9 Å². The molecule has 4 heteroatoms. The Bertz CT molecular complexity index is 623. The molecule has 4 saturated carbocycles. The molecule has 26 heavy (non-hydrogen) atoms. The van der Waals surface area contributed by atoms with Crippen molar-refractivity contribution in [3.8, 4) is 11.5 Å². The molecule has 4 aliphatic rings. The first-order valence-electron chi connectivity index (χ1n) is 10.3. The standard InChI is InChI=1S/C22H32BrNO2/c1-4-25-20-8-18(19(23)9-21(20)26-14(2)3)13-24-22-10-15-5-16(11-22)7-17(6-15)12-22/h8-9,14-17,24H,4-7,10-13H2,1-3H3. The van der Waals surface area contributed by atoms with Gasteiger partial charge in [0.2, 0.25) is 0 Å². The van der Waals surface area contributed by atoms with Gasteiger partial charge in [0.25, 0.3) is 0 Å². The van der Waals surface area contributed by atoms with E-state index in [1.807, 2.05) is 20.8 Å². The van der Waals surface area contributed by atoms with Crippen molar-refractivity contribution in [3.63, 3.8) is 0 Å². The largest absolute Gasteiger partial charge is 0.490 e. The quantitative estimate of drug-likeness (QED) is 0.612. The fraction of sp³-hybridized carbons (Fsp3) is 0.727. The van der Waals surface area contributed by atoms with Gasteiger partial charge in [-0.1, -0.05) is 15.9 Å². The van der Waals surface area contributed by atoms with Crippen LogP contribution in [0.3, 0.4) is 0 Å². The Morgan fingerprint density at radius 1 is 1.08 bits per heavy atom. The van der Waals surface area contributed by atoms with E-state index in [0.717, 1.165) is 40.3 Å². The fourth-order valence-corrected chi connectivity index (χ4v) is 6.40. The molecule has 0 aromatic heterocycles. The van der Waals surface area contributed by atoms with Crippen LogP contribution in [0.1, 0.15) is 64.9 Å². The third-order valence-electron chi connectivity index (χ3n) is 6.47. The second-order valence-electron chi connectivity index (χ2n) is 9.04. The maximum absolute atomic E-state index is 5.94. The Morgan fingerprint density at radius 3 is 2.23 bits per heavy atom. The molecule has 0 atom stereocenters. The zero-order valence-corrected chi connectivity index (χ0v) is 17.9. The molecule has 1 aromatic rings. The third kappa shape index (κ3) is 3.77. The highest BCUT2D eigenvalue weighted by atomic mass is 79.9. The maximum atomic E-state index is 5.94. The minimum Gasteiger partial charge on any atom is -0.490 e. The lowest BCUT2D eigenvalue weighted by atomic mass is 9.53. The molecule has 0 radical (unpaired) electrons. The van der Waals surface area contributed by atoms with Gasteiger partial charge in [0.15, 0.2) is 11.5 Å². The first kappa shape index (κ1) is 18.6. The average molecular weight is 422 g/mol. The maximum Gasteiger partial charge on any atom is 0.162 e. The Morgan fingerprint density at radius 2 is 1.69 bits per heavy atom. The number of benzene rings is 1.